The van der Waals surface area contributed by atoms with Gasteiger partial charge in [-0.1, -0.05) is 23.9 Å². The molecule has 1 aromatic carbocycles. The number of nitrogens with one attached hydrogen (secondary N) is 1. The fourth-order valence-electron chi connectivity index (χ4n) is 2.79. The lowest BCUT2D eigenvalue weighted by Crippen LogP contribution is -2.15. The van der Waals surface area contributed by atoms with Crippen LogP contribution in [-0.4, -0.2) is 36.3 Å². The van der Waals surface area contributed by atoms with Crippen LogP contribution in [0, 0.1) is 10.1 Å². The topological polar surface area (TPSA) is 116 Å². The monoisotopic (exact) mass is 396 g/mol. The van der Waals surface area contributed by atoms with Crippen LogP contribution in [0.1, 0.15) is 18.9 Å². The van der Waals surface area contributed by atoms with Gasteiger partial charge in [0.05, 0.1) is 10.7 Å². The van der Waals surface area contributed by atoms with E-state index < -0.39 is 4.92 Å². The minimum Gasteiger partial charge on any atom is -0.320 e. The number of anilines is 1. The summed E-state index contributed by atoms with van der Waals surface area (Å²) in [7, 11) is 0. The average molecular weight is 396 g/mol. The number of amides is 1. The highest BCUT2D eigenvalue weighted by atomic mass is 32.2. The number of aromatic nitrogens is 4. The molecule has 1 amide bonds. The van der Waals surface area contributed by atoms with Crippen molar-refractivity contribution in [1.29, 1.82) is 0 Å². The summed E-state index contributed by atoms with van der Waals surface area (Å²) >= 11 is 1.26. The molecule has 10 heteroatoms. The maximum atomic E-state index is 12.3. The Balaban J connectivity index is 1.48. The van der Waals surface area contributed by atoms with Gasteiger partial charge in [0.25, 0.3) is 5.69 Å². The van der Waals surface area contributed by atoms with Crippen molar-refractivity contribution >= 4 is 29.0 Å². The Kier molecular flexibility index (Phi) is 5.02. The third-order valence-corrected chi connectivity index (χ3v) is 5.17. The maximum Gasteiger partial charge on any atom is 0.292 e. The SMILES string of the molecule is O=C(CSc1nnc(-c2ccncc2)n1C1CC1)Nc1ccccc1[N+](=O)[O-]. The number of para-hydroxylation sites is 2. The highest BCUT2D eigenvalue weighted by Crippen LogP contribution is 2.41. The smallest absolute Gasteiger partial charge is 0.292 e. The molecule has 1 fully saturated rings. The predicted molar refractivity (Wildman–Crippen MR) is 104 cm³/mol. The largest absolute Gasteiger partial charge is 0.320 e. The fraction of sp³-hybridized carbons (Fsp3) is 0.222. The van der Waals surface area contributed by atoms with Crippen molar-refractivity contribution in [3.05, 3.63) is 58.9 Å². The second-order valence-electron chi connectivity index (χ2n) is 6.25. The van der Waals surface area contributed by atoms with Crippen LogP contribution in [0.2, 0.25) is 0 Å². The van der Waals surface area contributed by atoms with Gasteiger partial charge in [0, 0.05) is 30.1 Å². The minimum absolute atomic E-state index is 0.0766. The second-order valence-corrected chi connectivity index (χ2v) is 7.20. The molecule has 0 bridgehead atoms. The molecule has 0 atom stereocenters. The Morgan fingerprint density at radius 3 is 2.68 bits per heavy atom. The Labute approximate surface area is 164 Å². The van der Waals surface area contributed by atoms with Gasteiger partial charge in [0.1, 0.15) is 5.69 Å². The van der Waals surface area contributed by atoms with Crippen molar-refractivity contribution in [2.45, 2.75) is 24.0 Å². The summed E-state index contributed by atoms with van der Waals surface area (Å²) < 4.78 is 2.05. The summed E-state index contributed by atoms with van der Waals surface area (Å²) in [5.41, 5.74) is 0.965. The van der Waals surface area contributed by atoms with E-state index >= 15 is 0 Å². The maximum absolute atomic E-state index is 12.3. The number of thioether (sulfide) groups is 1. The zero-order valence-electron chi connectivity index (χ0n) is 14.7. The summed E-state index contributed by atoms with van der Waals surface area (Å²) in [4.78, 5) is 26.9. The van der Waals surface area contributed by atoms with Gasteiger partial charge in [-0.2, -0.15) is 0 Å². The molecular formula is C18H16N6O3S. The highest BCUT2D eigenvalue weighted by molar-refractivity contribution is 7.99. The van der Waals surface area contributed by atoms with E-state index in [1.165, 1.54) is 23.9 Å². The number of nitro benzene ring substituents is 1. The number of pyridine rings is 1. The molecule has 3 aromatic rings. The minimum atomic E-state index is -0.520. The lowest BCUT2D eigenvalue weighted by molar-refractivity contribution is -0.383. The molecule has 0 aliphatic heterocycles. The van der Waals surface area contributed by atoms with E-state index in [4.69, 9.17) is 0 Å². The molecule has 1 saturated carbocycles. The number of hydrogen-bond donors (Lipinski definition) is 1. The van der Waals surface area contributed by atoms with Crippen LogP contribution in [0.25, 0.3) is 11.4 Å². The molecule has 0 spiro atoms. The van der Waals surface area contributed by atoms with Crippen molar-refractivity contribution in [3.63, 3.8) is 0 Å². The van der Waals surface area contributed by atoms with Gasteiger partial charge in [-0.3, -0.25) is 24.5 Å². The highest BCUT2D eigenvalue weighted by Gasteiger charge is 2.30. The van der Waals surface area contributed by atoms with E-state index in [1.54, 1.807) is 24.5 Å². The quantitative estimate of drug-likeness (QED) is 0.370. The van der Waals surface area contributed by atoms with Crippen LogP contribution in [-0.2, 0) is 4.79 Å². The number of hydrogen-bond acceptors (Lipinski definition) is 7. The van der Waals surface area contributed by atoms with Gasteiger partial charge in [0.2, 0.25) is 5.91 Å². The summed E-state index contributed by atoms with van der Waals surface area (Å²) in [6.45, 7) is 0. The molecule has 9 nitrogen and oxygen atoms in total. The van der Waals surface area contributed by atoms with Crippen molar-refractivity contribution in [2.75, 3.05) is 11.1 Å². The number of carbonyl (C=O) groups is 1. The lowest BCUT2D eigenvalue weighted by atomic mass is 10.2. The molecular weight excluding hydrogens is 380 g/mol. The molecule has 4 rings (SSSR count). The van der Waals surface area contributed by atoms with Crippen molar-refractivity contribution in [2.24, 2.45) is 0 Å². The molecule has 2 heterocycles. The second kappa shape index (κ2) is 7.77. The van der Waals surface area contributed by atoms with E-state index in [-0.39, 0.29) is 23.0 Å². The van der Waals surface area contributed by atoms with Crippen molar-refractivity contribution in [3.8, 4) is 11.4 Å². The van der Waals surface area contributed by atoms with Crippen LogP contribution in [0.5, 0.6) is 0 Å². The summed E-state index contributed by atoms with van der Waals surface area (Å²) in [5.74, 6) is 0.495. The summed E-state index contributed by atoms with van der Waals surface area (Å²) in [6, 6.07) is 10.1. The zero-order valence-corrected chi connectivity index (χ0v) is 15.5. The molecule has 142 valence electrons. The predicted octanol–water partition coefficient (Wildman–Crippen LogP) is 3.31. The molecule has 0 radical (unpaired) electrons. The molecule has 0 saturated heterocycles. The Morgan fingerprint density at radius 1 is 1.21 bits per heavy atom. The van der Waals surface area contributed by atoms with Crippen LogP contribution in [0.15, 0.2) is 53.9 Å². The zero-order chi connectivity index (χ0) is 19.5. The van der Waals surface area contributed by atoms with Crippen LogP contribution in [0.3, 0.4) is 0 Å². The van der Waals surface area contributed by atoms with E-state index in [1.807, 2.05) is 12.1 Å². The number of carbonyl (C=O) groups excluding carboxylic acids is 1. The van der Waals surface area contributed by atoms with E-state index in [9.17, 15) is 14.9 Å². The molecule has 1 N–H and O–H groups in total. The molecule has 1 aliphatic rings. The number of nitrogens with zero attached hydrogens (tertiary/aromatic N) is 5. The summed E-state index contributed by atoms with van der Waals surface area (Å²) in [6.07, 6.45) is 5.50. The van der Waals surface area contributed by atoms with Gasteiger partial charge in [0.15, 0.2) is 11.0 Å². The van der Waals surface area contributed by atoms with E-state index in [2.05, 4.69) is 25.1 Å². The van der Waals surface area contributed by atoms with Crippen LogP contribution < -0.4 is 5.32 Å². The normalized spacial score (nSPS) is 13.3. The fourth-order valence-corrected chi connectivity index (χ4v) is 3.60. The number of benzene rings is 1. The standard InChI is InChI=1S/C18H16N6O3S/c25-16(20-14-3-1-2-4-15(14)24(26)27)11-28-18-22-21-17(23(18)13-5-6-13)12-7-9-19-10-8-12/h1-4,7-10,13H,5-6,11H2,(H,20,25). The third kappa shape index (κ3) is 3.86. The average Bonchev–Trinajstić information content (AvgIpc) is 3.46. The van der Waals surface area contributed by atoms with Crippen LogP contribution in [0.4, 0.5) is 11.4 Å². The number of rotatable bonds is 7. The van der Waals surface area contributed by atoms with Crippen molar-refractivity contribution in [1.82, 2.24) is 19.7 Å². The van der Waals surface area contributed by atoms with Gasteiger partial charge in [-0.25, -0.2) is 0 Å². The molecule has 28 heavy (non-hydrogen) atoms. The van der Waals surface area contributed by atoms with Gasteiger partial charge >= 0.3 is 0 Å². The van der Waals surface area contributed by atoms with Gasteiger partial charge in [-0.15, -0.1) is 10.2 Å². The summed E-state index contributed by atoms with van der Waals surface area (Å²) in [5, 5.41) is 22.9. The Hall–Kier alpha value is -3.27. The van der Waals surface area contributed by atoms with Gasteiger partial charge in [-0.05, 0) is 31.0 Å². The first-order chi connectivity index (χ1) is 13.6. The Bertz CT molecular complexity index is 1020. The van der Waals surface area contributed by atoms with E-state index in [0.29, 0.717) is 11.2 Å². The molecule has 1 aliphatic carbocycles. The molecule has 2 aromatic heterocycles. The lowest BCUT2D eigenvalue weighted by Gasteiger charge is -2.09. The Morgan fingerprint density at radius 2 is 1.96 bits per heavy atom. The van der Waals surface area contributed by atoms with Crippen LogP contribution >= 0.6 is 11.8 Å². The first-order valence-corrected chi connectivity index (χ1v) is 9.63. The van der Waals surface area contributed by atoms with Gasteiger partial charge < -0.3 is 5.32 Å². The number of nitro groups is 1. The first kappa shape index (κ1) is 18.1. The van der Waals surface area contributed by atoms with E-state index in [0.717, 1.165) is 24.2 Å². The first-order valence-electron chi connectivity index (χ1n) is 8.65. The van der Waals surface area contributed by atoms with Crippen molar-refractivity contribution < 1.29 is 9.72 Å². The third-order valence-electron chi connectivity index (χ3n) is 4.22. The molecule has 0 unspecified atom stereocenters.